The first-order chi connectivity index (χ1) is 14.0. The Kier molecular flexibility index (Phi) is 4.86. The van der Waals surface area contributed by atoms with Crippen LogP contribution in [0.4, 0.5) is 5.69 Å². The highest BCUT2D eigenvalue weighted by atomic mass is 16.5. The van der Waals surface area contributed by atoms with Crippen LogP contribution >= 0.6 is 0 Å². The average Bonchev–Trinajstić information content (AvgIpc) is 2.75. The van der Waals surface area contributed by atoms with Gasteiger partial charge >= 0.3 is 0 Å². The van der Waals surface area contributed by atoms with Gasteiger partial charge in [-0.3, -0.25) is 4.79 Å². The summed E-state index contributed by atoms with van der Waals surface area (Å²) in [5.41, 5.74) is 2.93. The van der Waals surface area contributed by atoms with Gasteiger partial charge in [-0.25, -0.2) is 0 Å². The first-order valence-electron chi connectivity index (χ1n) is 9.20. The summed E-state index contributed by atoms with van der Waals surface area (Å²) in [4.78, 5) is 13.1. The molecule has 0 aliphatic carbocycles. The summed E-state index contributed by atoms with van der Waals surface area (Å²) in [6, 6.07) is 18.4. The van der Waals surface area contributed by atoms with Crippen molar-refractivity contribution in [1.29, 1.82) is 0 Å². The topological polar surface area (TPSA) is 66.8 Å². The number of aromatic nitrogens is 1. The van der Waals surface area contributed by atoms with Crippen molar-refractivity contribution in [2.45, 2.75) is 6.54 Å². The lowest BCUT2D eigenvalue weighted by atomic mass is 10.1. The third kappa shape index (κ3) is 3.39. The number of pyridine rings is 1. The van der Waals surface area contributed by atoms with E-state index in [0.717, 1.165) is 21.7 Å². The average molecular weight is 389 g/mol. The molecule has 0 aliphatic rings. The number of rotatable bonds is 5. The molecular formula is C23H21N2O4-. The summed E-state index contributed by atoms with van der Waals surface area (Å²) in [5, 5.41) is 13.6. The van der Waals surface area contributed by atoms with Crippen molar-refractivity contribution in [2.75, 3.05) is 26.3 Å². The molecule has 1 aromatic heterocycles. The fourth-order valence-corrected chi connectivity index (χ4v) is 3.62. The van der Waals surface area contributed by atoms with Crippen LogP contribution in [-0.2, 0) is 6.54 Å². The number of hydrogen-bond acceptors (Lipinski definition) is 5. The number of benzene rings is 3. The van der Waals surface area contributed by atoms with Crippen LogP contribution in [0.5, 0.6) is 11.5 Å². The largest absolute Gasteiger partial charge is 0.758 e. The monoisotopic (exact) mass is 389 g/mol. The van der Waals surface area contributed by atoms with E-state index in [1.54, 1.807) is 26.4 Å². The Bertz CT molecular complexity index is 1240. The second-order valence-electron chi connectivity index (χ2n) is 6.85. The number of anilines is 1. The Hall–Kier alpha value is -3.51. The highest BCUT2D eigenvalue weighted by Crippen LogP contribution is 2.27. The minimum Gasteiger partial charge on any atom is -0.758 e. The maximum absolute atomic E-state index is 13.1. The smallest absolute Gasteiger partial charge is 0.197 e. The molecule has 6 nitrogen and oxygen atoms in total. The molecule has 148 valence electrons. The van der Waals surface area contributed by atoms with Gasteiger partial charge < -0.3 is 24.3 Å². The molecule has 0 atom stereocenters. The second kappa shape index (κ2) is 7.48. The van der Waals surface area contributed by atoms with Crippen molar-refractivity contribution >= 4 is 27.5 Å². The molecule has 0 saturated carbocycles. The van der Waals surface area contributed by atoms with E-state index in [9.17, 15) is 10.0 Å². The minimum absolute atomic E-state index is 0.0845. The Morgan fingerprint density at radius 2 is 1.55 bits per heavy atom. The molecule has 0 saturated heterocycles. The van der Waals surface area contributed by atoms with Crippen molar-refractivity contribution in [3.05, 3.63) is 81.7 Å². The first-order valence-corrected chi connectivity index (χ1v) is 9.20. The van der Waals surface area contributed by atoms with E-state index in [-0.39, 0.29) is 5.43 Å². The molecule has 0 fully saturated rings. The summed E-state index contributed by atoms with van der Waals surface area (Å²) >= 11 is 0. The Labute approximate surface area is 168 Å². The zero-order chi connectivity index (χ0) is 20.5. The van der Waals surface area contributed by atoms with Gasteiger partial charge in [0.2, 0.25) is 0 Å². The molecule has 1 heterocycles. The van der Waals surface area contributed by atoms with Gasteiger partial charge in [-0.05, 0) is 55.1 Å². The highest BCUT2D eigenvalue weighted by Gasteiger charge is 2.13. The van der Waals surface area contributed by atoms with Crippen LogP contribution in [0.2, 0.25) is 0 Å². The second-order valence-corrected chi connectivity index (χ2v) is 6.85. The van der Waals surface area contributed by atoms with Crippen molar-refractivity contribution in [1.82, 2.24) is 4.57 Å². The molecule has 0 unspecified atom stereocenters. The van der Waals surface area contributed by atoms with Gasteiger partial charge in [-0.15, -0.1) is 0 Å². The number of hydrogen-bond donors (Lipinski definition) is 0. The van der Waals surface area contributed by atoms with E-state index < -0.39 is 0 Å². The van der Waals surface area contributed by atoms with Gasteiger partial charge in [0.15, 0.2) is 5.43 Å². The van der Waals surface area contributed by atoms with Crippen molar-refractivity contribution in [3.63, 3.8) is 0 Å². The van der Waals surface area contributed by atoms with E-state index in [1.165, 1.54) is 7.05 Å². The van der Waals surface area contributed by atoms with E-state index in [1.807, 2.05) is 48.5 Å². The van der Waals surface area contributed by atoms with Crippen LogP contribution in [-0.4, -0.2) is 25.8 Å². The van der Waals surface area contributed by atoms with Gasteiger partial charge in [-0.2, -0.15) is 0 Å². The summed E-state index contributed by atoms with van der Waals surface area (Å²) in [7, 11) is 4.65. The number of para-hydroxylation sites is 1. The molecule has 0 N–H and O–H groups in total. The zero-order valence-corrected chi connectivity index (χ0v) is 16.5. The summed E-state index contributed by atoms with van der Waals surface area (Å²) in [6.45, 7) is 0.511. The van der Waals surface area contributed by atoms with Gasteiger partial charge in [0.05, 0.1) is 25.3 Å². The Morgan fingerprint density at radius 3 is 2.21 bits per heavy atom. The third-order valence-corrected chi connectivity index (χ3v) is 5.07. The molecule has 6 heteroatoms. The maximum atomic E-state index is 13.1. The molecular weight excluding hydrogens is 368 g/mol. The van der Waals surface area contributed by atoms with E-state index in [4.69, 9.17) is 9.47 Å². The van der Waals surface area contributed by atoms with Crippen LogP contribution in [0, 0.1) is 5.21 Å². The van der Waals surface area contributed by atoms with Crippen LogP contribution in [0.3, 0.4) is 0 Å². The number of fused-ring (bicyclic) bond motifs is 2. The number of nitrogens with zero attached hydrogens (tertiary/aromatic N) is 2. The number of ether oxygens (including phenoxy) is 2. The van der Waals surface area contributed by atoms with E-state index in [0.29, 0.717) is 34.5 Å². The van der Waals surface area contributed by atoms with Crippen molar-refractivity contribution in [2.24, 2.45) is 0 Å². The summed E-state index contributed by atoms with van der Waals surface area (Å²) < 4.78 is 12.9. The fourth-order valence-electron chi connectivity index (χ4n) is 3.62. The number of hydroxylamine groups is 1. The predicted molar refractivity (Wildman–Crippen MR) is 116 cm³/mol. The highest BCUT2D eigenvalue weighted by molar-refractivity contribution is 5.95. The van der Waals surface area contributed by atoms with Gasteiger partial charge in [0, 0.05) is 29.1 Å². The van der Waals surface area contributed by atoms with E-state index in [2.05, 4.69) is 4.57 Å². The Morgan fingerprint density at radius 1 is 0.897 bits per heavy atom. The molecule has 3 aromatic carbocycles. The minimum atomic E-state index is -0.0845. The molecule has 0 amide bonds. The quantitative estimate of drug-likeness (QED) is 0.379. The molecule has 0 bridgehead atoms. The zero-order valence-electron chi connectivity index (χ0n) is 16.5. The predicted octanol–water partition coefficient (Wildman–Crippen LogP) is 4.15. The lowest BCUT2D eigenvalue weighted by molar-refractivity contribution is 0.393. The van der Waals surface area contributed by atoms with Crippen LogP contribution in [0.25, 0.3) is 21.8 Å². The normalized spacial score (nSPS) is 11.0. The molecule has 29 heavy (non-hydrogen) atoms. The first kappa shape index (κ1) is 18.8. The fraction of sp³-hybridized carbons (Fsp3) is 0.174. The third-order valence-electron chi connectivity index (χ3n) is 5.07. The summed E-state index contributed by atoms with van der Waals surface area (Å²) in [6.07, 6.45) is 0. The summed E-state index contributed by atoms with van der Waals surface area (Å²) in [5.74, 6) is 1.40. The van der Waals surface area contributed by atoms with E-state index >= 15 is 0 Å². The van der Waals surface area contributed by atoms with Crippen molar-refractivity contribution in [3.8, 4) is 11.5 Å². The van der Waals surface area contributed by atoms with Gasteiger partial charge in [-0.1, -0.05) is 12.1 Å². The lowest BCUT2D eigenvalue weighted by Gasteiger charge is -2.25. The maximum Gasteiger partial charge on any atom is 0.197 e. The van der Waals surface area contributed by atoms with Crippen LogP contribution < -0.4 is 20.0 Å². The number of methoxy groups -OCH3 is 2. The molecule has 4 rings (SSSR count). The molecule has 0 spiro atoms. The van der Waals surface area contributed by atoms with Gasteiger partial charge in [0.25, 0.3) is 0 Å². The molecule has 4 aromatic rings. The van der Waals surface area contributed by atoms with Gasteiger partial charge in [0.1, 0.15) is 11.5 Å². The molecule has 0 aliphatic heterocycles. The Balaban J connectivity index is 2.00. The van der Waals surface area contributed by atoms with Crippen LogP contribution in [0.1, 0.15) is 5.56 Å². The molecule has 0 radical (unpaired) electrons. The van der Waals surface area contributed by atoms with Crippen molar-refractivity contribution < 1.29 is 9.47 Å². The SMILES string of the molecule is COc1cc(Cn2c3ccccc3c(=O)c3cc(N(C)[O-])ccc32)cc(OC)c1. The lowest BCUT2D eigenvalue weighted by Crippen LogP contribution is -2.14. The standard InChI is InChI=1S/C23H21N2O4/c1-24(27)16-8-9-22-20(12-16)23(26)19-6-4-5-7-21(19)25(22)14-15-10-17(28-2)13-18(11-15)29-3/h4-13H,14H2,1-3H3/q-1. The van der Waals surface area contributed by atoms with Crippen LogP contribution in [0.15, 0.2) is 65.5 Å².